The fraction of sp³-hybridized carbons (Fsp3) is 0. The number of fused-ring (bicyclic) bond motifs is 24. The van der Waals surface area contributed by atoms with E-state index in [-0.39, 0.29) is 19.5 Å². The molecular weight excluding hydrogens is 894 g/mol. The van der Waals surface area contributed by atoms with E-state index >= 15 is 0 Å². The Morgan fingerprint density at radius 2 is 0.638 bits per heavy atom. The smallest absolute Gasteiger partial charge is 0.656 e. The number of pyridine rings is 2. The third-order valence-electron chi connectivity index (χ3n) is 14.1. The van der Waals surface area contributed by atoms with E-state index in [1.165, 1.54) is 64.6 Å². The first-order valence-electron chi connectivity index (χ1n) is 23.1. The van der Waals surface area contributed by atoms with Gasteiger partial charge >= 0.3 is 19.5 Å². The number of nitrogens with zero attached hydrogens (tertiary/aromatic N) is 6. The van der Waals surface area contributed by atoms with Crippen LogP contribution in [-0.2, 0) is 19.5 Å². The van der Waals surface area contributed by atoms with Crippen LogP contribution >= 0.6 is 0 Å². The van der Waals surface area contributed by atoms with E-state index in [1.807, 2.05) is 24.5 Å². The summed E-state index contributed by atoms with van der Waals surface area (Å²) in [5.74, 6) is 0. The van der Waals surface area contributed by atoms with Crippen molar-refractivity contribution in [1.82, 2.24) is 29.1 Å². The van der Waals surface area contributed by atoms with E-state index in [9.17, 15) is 0 Å². The summed E-state index contributed by atoms with van der Waals surface area (Å²) in [7, 11) is 0. The molecule has 0 fully saturated rings. The summed E-state index contributed by atoms with van der Waals surface area (Å²) in [6.45, 7) is 0. The molecule has 0 aliphatic rings. The van der Waals surface area contributed by atoms with Crippen molar-refractivity contribution in [2.75, 3.05) is 0 Å². The summed E-state index contributed by atoms with van der Waals surface area (Å²) >= 11 is 0. The normalized spacial score (nSPS) is 11.9. The van der Waals surface area contributed by atoms with Crippen LogP contribution in [0.5, 0.6) is 0 Å². The van der Waals surface area contributed by atoms with Gasteiger partial charge in [-0.3, -0.25) is 9.97 Å². The van der Waals surface area contributed by atoms with Gasteiger partial charge in [0.2, 0.25) is 0 Å². The van der Waals surface area contributed by atoms with Gasteiger partial charge in [-0.15, -0.1) is 22.1 Å². The second-order valence-electron chi connectivity index (χ2n) is 17.6. The molecule has 16 rings (SSSR count). The van der Waals surface area contributed by atoms with Gasteiger partial charge in [0.05, 0.1) is 33.1 Å². The van der Waals surface area contributed by atoms with Crippen molar-refractivity contribution in [3.8, 4) is 11.4 Å². The predicted molar refractivity (Wildman–Crippen MR) is 284 cm³/mol. The zero-order chi connectivity index (χ0) is 44.5. The summed E-state index contributed by atoms with van der Waals surface area (Å²) in [4.78, 5) is 20.2. The summed E-state index contributed by atoms with van der Waals surface area (Å²) in [5, 5.41) is 17.0. The molecule has 69 heavy (non-hydrogen) atoms. The monoisotopic (exact) mass is 928 g/mol. The maximum atomic E-state index is 5.20. The minimum atomic E-state index is 0. The topological polar surface area (TPSA) is 63.8 Å². The first-order chi connectivity index (χ1) is 33.8. The summed E-state index contributed by atoms with van der Waals surface area (Å²) in [6.07, 6.45) is 3.78. The molecule has 6 heterocycles. The maximum Gasteiger partial charge on any atom is 2.00 e. The third kappa shape index (κ3) is 5.56. The van der Waals surface area contributed by atoms with Gasteiger partial charge in [0.15, 0.2) is 0 Å². The Hall–Kier alpha value is -8.64. The minimum absolute atomic E-state index is 0. The van der Waals surface area contributed by atoms with Crippen LogP contribution in [0.25, 0.3) is 142 Å². The SMILES string of the molecule is [Zn+2].c1ccc(-n2c3cccnc3c3c4c(ccc32)c2ccccc2c2c3ccccc3[n-]c24)cc1.c1ccc(-n2c3cccnc3c3c4c(ccc32)c2ccccc2c2c3ccccc3[n-]c24)cc1. The summed E-state index contributed by atoms with van der Waals surface area (Å²) in [6, 6.07) is 72.8. The minimum Gasteiger partial charge on any atom is -0.656 e. The summed E-state index contributed by atoms with van der Waals surface area (Å²) in [5.41, 5.74) is 13.0. The van der Waals surface area contributed by atoms with Crippen molar-refractivity contribution in [1.29, 1.82) is 0 Å². The molecular formula is C62H36N6Zn. The van der Waals surface area contributed by atoms with Gasteiger partial charge < -0.3 is 19.1 Å². The fourth-order valence-electron chi connectivity index (χ4n) is 11.4. The molecule has 0 spiro atoms. The quantitative estimate of drug-likeness (QED) is 0.128. The number of hydrogen-bond acceptors (Lipinski definition) is 2. The van der Waals surface area contributed by atoms with Crippen LogP contribution in [0, 0.1) is 0 Å². The largest absolute Gasteiger partial charge is 2.00 e. The molecule has 0 aliphatic heterocycles. The van der Waals surface area contributed by atoms with E-state index < -0.39 is 0 Å². The Labute approximate surface area is 406 Å². The standard InChI is InChI=1S/2C31H18N3.Zn/c2*1-2-9-19(10-3-1)34-25-17-16-22-20-11-4-5-12-21(20)27-23-13-6-7-14-24(23)33-31(27)28(22)29(25)30-26(34)15-8-18-32-30;/h2*1-18H;/q2*-1;+2. The van der Waals surface area contributed by atoms with Crippen LogP contribution in [0.1, 0.15) is 0 Å². The molecule has 0 N–H and O–H groups in total. The Bertz CT molecular complexity index is 4430. The molecule has 10 aromatic carbocycles. The first-order valence-corrected chi connectivity index (χ1v) is 23.1. The summed E-state index contributed by atoms with van der Waals surface area (Å²) < 4.78 is 4.64. The van der Waals surface area contributed by atoms with Crippen molar-refractivity contribution in [3.05, 3.63) is 219 Å². The first kappa shape index (κ1) is 39.5. The van der Waals surface area contributed by atoms with Crippen molar-refractivity contribution in [3.63, 3.8) is 0 Å². The number of hydrogen-bond donors (Lipinski definition) is 0. The average Bonchev–Trinajstić information content (AvgIpc) is 4.18. The number of rotatable bonds is 2. The second kappa shape index (κ2) is 15.2. The molecule has 7 heteroatoms. The Morgan fingerprint density at radius 3 is 1.07 bits per heavy atom. The molecule has 0 saturated carbocycles. The van der Waals surface area contributed by atoms with E-state index in [0.717, 1.165) is 77.3 Å². The Kier molecular flexibility index (Phi) is 8.70. The third-order valence-corrected chi connectivity index (χ3v) is 14.1. The van der Waals surface area contributed by atoms with Crippen molar-refractivity contribution in [2.45, 2.75) is 0 Å². The molecule has 0 saturated heterocycles. The van der Waals surface area contributed by atoms with Crippen molar-refractivity contribution >= 4 is 131 Å². The fourth-order valence-corrected chi connectivity index (χ4v) is 11.4. The van der Waals surface area contributed by atoms with Crippen LogP contribution < -0.4 is 9.97 Å². The van der Waals surface area contributed by atoms with E-state index in [1.54, 1.807) is 0 Å². The zero-order valence-electron chi connectivity index (χ0n) is 37.2. The van der Waals surface area contributed by atoms with E-state index in [2.05, 4.69) is 203 Å². The molecule has 0 amide bonds. The number of aromatic nitrogens is 6. The number of benzene rings is 10. The molecule has 316 valence electrons. The predicted octanol–water partition coefficient (Wildman–Crippen LogP) is 15.5. The molecule has 0 radical (unpaired) electrons. The molecule has 6 nitrogen and oxygen atoms in total. The van der Waals surface area contributed by atoms with Gasteiger partial charge in [-0.25, -0.2) is 0 Å². The molecule has 0 aliphatic carbocycles. The van der Waals surface area contributed by atoms with Crippen LogP contribution in [0.15, 0.2) is 219 Å². The number of para-hydroxylation sites is 4. The van der Waals surface area contributed by atoms with Gasteiger partial charge in [0.1, 0.15) is 0 Å². The van der Waals surface area contributed by atoms with Crippen LogP contribution in [0.2, 0.25) is 0 Å². The second-order valence-corrected chi connectivity index (χ2v) is 17.6. The van der Waals surface area contributed by atoms with Crippen LogP contribution in [-0.4, -0.2) is 19.1 Å². The Balaban J connectivity index is 0.000000128. The molecule has 0 unspecified atom stereocenters. The van der Waals surface area contributed by atoms with Crippen molar-refractivity contribution < 1.29 is 19.5 Å². The van der Waals surface area contributed by atoms with Crippen LogP contribution in [0.3, 0.4) is 0 Å². The Morgan fingerprint density at radius 1 is 0.275 bits per heavy atom. The van der Waals surface area contributed by atoms with Gasteiger partial charge in [-0.05, 0) is 125 Å². The molecule has 0 atom stereocenters. The van der Waals surface area contributed by atoms with Gasteiger partial charge in [0, 0.05) is 34.5 Å². The maximum absolute atomic E-state index is 5.20. The zero-order valence-corrected chi connectivity index (χ0v) is 40.1. The van der Waals surface area contributed by atoms with E-state index in [4.69, 9.17) is 19.9 Å². The molecule has 16 aromatic rings. The van der Waals surface area contributed by atoms with Crippen LogP contribution in [0.4, 0.5) is 0 Å². The molecule has 0 bridgehead atoms. The van der Waals surface area contributed by atoms with Gasteiger partial charge in [-0.2, -0.15) is 0 Å². The van der Waals surface area contributed by atoms with E-state index in [0.29, 0.717) is 0 Å². The average molecular weight is 930 g/mol. The van der Waals surface area contributed by atoms with Crippen molar-refractivity contribution in [2.24, 2.45) is 0 Å². The van der Waals surface area contributed by atoms with Gasteiger partial charge in [-0.1, -0.05) is 146 Å². The van der Waals surface area contributed by atoms with Gasteiger partial charge in [0.25, 0.3) is 0 Å². The molecule has 6 aromatic heterocycles.